The van der Waals surface area contributed by atoms with Gasteiger partial charge in [-0.15, -0.1) is 0 Å². The Balaban J connectivity index is 2.67. The van der Waals surface area contributed by atoms with E-state index in [1.54, 1.807) is 0 Å². The Morgan fingerprint density at radius 2 is 1.85 bits per heavy atom. The van der Waals surface area contributed by atoms with Crippen LogP contribution in [0.4, 0.5) is 0 Å². The van der Waals surface area contributed by atoms with Crippen LogP contribution in [0.1, 0.15) is 11.5 Å². The van der Waals surface area contributed by atoms with Crippen LogP contribution in [0, 0.1) is 0 Å². The average molecular weight is 178 g/mol. The highest BCUT2D eigenvalue weighted by Gasteiger charge is 2.09. The molecule has 0 saturated heterocycles. The van der Waals surface area contributed by atoms with Gasteiger partial charge in [-0.3, -0.25) is 0 Å². The van der Waals surface area contributed by atoms with E-state index >= 15 is 0 Å². The van der Waals surface area contributed by atoms with Crippen molar-refractivity contribution in [2.24, 2.45) is 5.73 Å². The molecule has 1 atom stereocenters. The molecule has 0 bridgehead atoms. The highest BCUT2D eigenvalue weighted by atomic mass is 15.1. The van der Waals surface area contributed by atoms with E-state index in [1.807, 2.05) is 6.07 Å². The van der Waals surface area contributed by atoms with E-state index < -0.39 is 0 Å². The van der Waals surface area contributed by atoms with Crippen LogP contribution < -0.4 is 5.73 Å². The lowest BCUT2D eigenvalue weighted by Crippen LogP contribution is -2.25. The van der Waals surface area contributed by atoms with Gasteiger partial charge in [0.2, 0.25) is 0 Å². The zero-order valence-electron chi connectivity index (χ0n) is 8.40. The summed E-state index contributed by atoms with van der Waals surface area (Å²) in [5.41, 5.74) is 7.06. The molecule has 2 N–H and O–H groups in total. The SMILES string of the molecule is CN(C)CC(CN)c1ccccc1. The molecule has 0 aliphatic rings. The normalized spacial score (nSPS) is 13.2. The Hall–Kier alpha value is -0.860. The molecule has 13 heavy (non-hydrogen) atoms. The monoisotopic (exact) mass is 178 g/mol. The first-order chi connectivity index (χ1) is 6.24. The van der Waals surface area contributed by atoms with E-state index in [4.69, 9.17) is 5.73 Å². The largest absolute Gasteiger partial charge is 0.330 e. The molecule has 2 nitrogen and oxygen atoms in total. The third kappa shape index (κ3) is 3.17. The number of nitrogens with two attached hydrogens (primary N) is 1. The zero-order chi connectivity index (χ0) is 9.68. The van der Waals surface area contributed by atoms with E-state index in [1.165, 1.54) is 5.56 Å². The molecule has 1 aromatic rings. The van der Waals surface area contributed by atoms with Crippen LogP contribution in [-0.2, 0) is 0 Å². The van der Waals surface area contributed by atoms with Gasteiger partial charge >= 0.3 is 0 Å². The summed E-state index contributed by atoms with van der Waals surface area (Å²) >= 11 is 0. The standard InChI is InChI=1S/C11H18N2/c1-13(2)9-11(8-12)10-6-4-3-5-7-10/h3-7,11H,8-9,12H2,1-2H3. The molecule has 1 rings (SSSR count). The summed E-state index contributed by atoms with van der Waals surface area (Å²) in [4.78, 5) is 2.17. The summed E-state index contributed by atoms with van der Waals surface area (Å²) in [7, 11) is 4.15. The lowest BCUT2D eigenvalue weighted by molar-refractivity contribution is 0.375. The van der Waals surface area contributed by atoms with Crippen molar-refractivity contribution >= 4 is 0 Å². The summed E-state index contributed by atoms with van der Waals surface area (Å²) in [5.74, 6) is 0.455. The highest BCUT2D eigenvalue weighted by molar-refractivity contribution is 5.20. The van der Waals surface area contributed by atoms with Gasteiger partial charge in [-0.05, 0) is 19.7 Å². The Morgan fingerprint density at radius 3 is 2.31 bits per heavy atom. The number of benzene rings is 1. The Labute approximate surface area is 80.4 Å². The fourth-order valence-corrected chi connectivity index (χ4v) is 1.48. The summed E-state index contributed by atoms with van der Waals surface area (Å²) in [5, 5.41) is 0. The van der Waals surface area contributed by atoms with Crippen molar-refractivity contribution < 1.29 is 0 Å². The fourth-order valence-electron chi connectivity index (χ4n) is 1.48. The van der Waals surface area contributed by atoms with Crippen molar-refractivity contribution in [2.75, 3.05) is 27.2 Å². The second kappa shape index (κ2) is 5.00. The molecule has 0 aromatic heterocycles. The van der Waals surface area contributed by atoms with Gasteiger partial charge < -0.3 is 10.6 Å². The van der Waals surface area contributed by atoms with Crippen LogP contribution in [0.15, 0.2) is 30.3 Å². The van der Waals surface area contributed by atoms with Crippen LogP contribution in [-0.4, -0.2) is 32.1 Å². The second-order valence-corrected chi connectivity index (χ2v) is 3.61. The van der Waals surface area contributed by atoms with E-state index in [9.17, 15) is 0 Å². The quantitative estimate of drug-likeness (QED) is 0.752. The third-order valence-electron chi connectivity index (χ3n) is 2.14. The highest BCUT2D eigenvalue weighted by Crippen LogP contribution is 2.14. The van der Waals surface area contributed by atoms with Crippen LogP contribution in [0.25, 0.3) is 0 Å². The predicted molar refractivity (Wildman–Crippen MR) is 56.8 cm³/mol. The van der Waals surface area contributed by atoms with Crippen molar-refractivity contribution in [3.05, 3.63) is 35.9 Å². The van der Waals surface area contributed by atoms with E-state index in [2.05, 4.69) is 43.3 Å². The van der Waals surface area contributed by atoms with Gasteiger partial charge in [0.05, 0.1) is 0 Å². The molecule has 0 aliphatic heterocycles. The summed E-state index contributed by atoms with van der Waals surface area (Å²) in [6.45, 7) is 1.72. The number of nitrogens with zero attached hydrogens (tertiary/aromatic N) is 1. The maximum Gasteiger partial charge on any atom is 0.00886 e. The molecule has 0 amide bonds. The lowest BCUT2D eigenvalue weighted by atomic mass is 9.99. The van der Waals surface area contributed by atoms with Gasteiger partial charge in [0, 0.05) is 19.0 Å². The first-order valence-corrected chi connectivity index (χ1v) is 4.63. The first-order valence-electron chi connectivity index (χ1n) is 4.63. The molecule has 1 aromatic carbocycles. The number of rotatable bonds is 4. The van der Waals surface area contributed by atoms with Gasteiger partial charge in [-0.1, -0.05) is 30.3 Å². The molecule has 72 valence electrons. The van der Waals surface area contributed by atoms with Gasteiger partial charge in [0.15, 0.2) is 0 Å². The van der Waals surface area contributed by atoms with E-state index in [0.717, 1.165) is 6.54 Å². The minimum Gasteiger partial charge on any atom is -0.330 e. The molecule has 1 unspecified atom stereocenters. The third-order valence-corrected chi connectivity index (χ3v) is 2.14. The maximum absolute atomic E-state index is 5.73. The van der Waals surface area contributed by atoms with Gasteiger partial charge in [-0.25, -0.2) is 0 Å². The summed E-state index contributed by atoms with van der Waals surface area (Å²) < 4.78 is 0. The number of likely N-dealkylation sites (N-methyl/N-ethyl adjacent to an activating group) is 1. The van der Waals surface area contributed by atoms with Crippen LogP contribution in [0.5, 0.6) is 0 Å². The van der Waals surface area contributed by atoms with Gasteiger partial charge in [0.1, 0.15) is 0 Å². The molecule has 0 radical (unpaired) electrons. The minimum absolute atomic E-state index is 0.455. The van der Waals surface area contributed by atoms with E-state index in [-0.39, 0.29) is 0 Å². The fraction of sp³-hybridized carbons (Fsp3) is 0.455. The second-order valence-electron chi connectivity index (χ2n) is 3.61. The van der Waals surface area contributed by atoms with Crippen molar-refractivity contribution in [2.45, 2.75) is 5.92 Å². The molecule has 0 aliphatic carbocycles. The smallest absolute Gasteiger partial charge is 0.00886 e. The predicted octanol–water partition coefficient (Wildman–Crippen LogP) is 1.29. The van der Waals surface area contributed by atoms with Crippen molar-refractivity contribution in [1.82, 2.24) is 4.90 Å². The first kappa shape index (κ1) is 10.2. The molecule has 0 fully saturated rings. The zero-order valence-corrected chi connectivity index (χ0v) is 8.40. The Kier molecular flexibility index (Phi) is 3.93. The Bertz CT molecular complexity index is 231. The van der Waals surface area contributed by atoms with Crippen molar-refractivity contribution in [1.29, 1.82) is 0 Å². The summed E-state index contributed by atoms with van der Waals surface area (Å²) in [6, 6.07) is 10.4. The topological polar surface area (TPSA) is 29.3 Å². The molecule has 2 heteroatoms. The summed E-state index contributed by atoms with van der Waals surface area (Å²) in [6.07, 6.45) is 0. The average Bonchev–Trinajstić information content (AvgIpc) is 2.15. The molecule has 0 heterocycles. The molecule has 0 saturated carbocycles. The van der Waals surface area contributed by atoms with Gasteiger partial charge in [-0.2, -0.15) is 0 Å². The maximum atomic E-state index is 5.73. The van der Waals surface area contributed by atoms with Crippen LogP contribution >= 0.6 is 0 Å². The van der Waals surface area contributed by atoms with Gasteiger partial charge in [0.25, 0.3) is 0 Å². The minimum atomic E-state index is 0.455. The lowest BCUT2D eigenvalue weighted by Gasteiger charge is -2.19. The van der Waals surface area contributed by atoms with Crippen LogP contribution in [0.3, 0.4) is 0 Å². The molecule has 0 spiro atoms. The number of hydrogen-bond donors (Lipinski definition) is 1. The van der Waals surface area contributed by atoms with Crippen molar-refractivity contribution in [3.63, 3.8) is 0 Å². The molecular formula is C11H18N2. The van der Waals surface area contributed by atoms with Crippen LogP contribution in [0.2, 0.25) is 0 Å². The van der Waals surface area contributed by atoms with E-state index in [0.29, 0.717) is 12.5 Å². The van der Waals surface area contributed by atoms with Crippen molar-refractivity contribution in [3.8, 4) is 0 Å². The number of hydrogen-bond acceptors (Lipinski definition) is 2. The molecular weight excluding hydrogens is 160 g/mol. The Morgan fingerprint density at radius 1 is 1.23 bits per heavy atom.